The highest BCUT2D eigenvalue weighted by molar-refractivity contribution is 6.06. The van der Waals surface area contributed by atoms with Gasteiger partial charge in [0.25, 0.3) is 0 Å². The van der Waals surface area contributed by atoms with Crippen LogP contribution in [0.4, 0.5) is 22.7 Å². The van der Waals surface area contributed by atoms with E-state index in [9.17, 15) is 14.4 Å². The van der Waals surface area contributed by atoms with Crippen LogP contribution >= 0.6 is 0 Å². The van der Waals surface area contributed by atoms with Crippen LogP contribution in [-0.2, 0) is 9.59 Å². The topological polar surface area (TPSA) is 97.5 Å². The summed E-state index contributed by atoms with van der Waals surface area (Å²) in [5.41, 5.74) is 3.72. The SMILES string of the molecule is CCC(=O)N1CCN(c2ccc(NC(=O)C(C)Nc3c(N4CCN(C)CC4)ccc(OC)c3C(C)=O)cc2)CC1. The van der Waals surface area contributed by atoms with E-state index < -0.39 is 6.04 Å². The Labute approximate surface area is 237 Å². The average molecular weight is 551 g/mol. The lowest BCUT2D eigenvalue weighted by molar-refractivity contribution is -0.131. The van der Waals surface area contributed by atoms with Crippen LogP contribution in [0.25, 0.3) is 0 Å². The summed E-state index contributed by atoms with van der Waals surface area (Å²) < 4.78 is 5.52. The fourth-order valence-electron chi connectivity index (χ4n) is 5.27. The number of benzene rings is 2. The van der Waals surface area contributed by atoms with E-state index in [4.69, 9.17) is 4.74 Å². The van der Waals surface area contributed by atoms with E-state index in [-0.39, 0.29) is 17.6 Å². The third-order valence-corrected chi connectivity index (χ3v) is 7.75. The van der Waals surface area contributed by atoms with Gasteiger partial charge in [0.2, 0.25) is 11.8 Å². The molecule has 0 aliphatic carbocycles. The van der Waals surface area contributed by atoms with Gasteiger partial charge in [0, 0.05) is 70.2 Å². The standard InChI is InChI=1S/C30H42N6O4/c1-6-27(38)36-19-17-34(18-20-36)24-9-7-23(8-10-24)32-30(39)21(2)31-29-25(35-15-13-33(4)14-16-35)11-12-26(40-5)28(29)22(3)37/h7-12,21,31H,6,13-20H2,1-5H3,(H,32,39). The number of carbonyl (C=O) groups excluding carboxylic acids is 3. The first kappa shape index (κ1) is 29.2. The van der Waals surface area contributed by atoms with Crippen LogP contribution in [0, 0.1) is 0 Å². The number of ketones is 1. The van der Waals surface area contributed by atoms with Crippen LogP contribution in [0.1, 0.15) is 37.6 Å². The van der Waals surface area contributed by atoms with Crippen molar-refractivity contribution in [2.24, 2.45) is 0 Å². The van der Waals surface area contributed by atoms with Crippen molar-refractivity contribution < 1.29 is 19.1 Å². The summed E-state index contributed by atoms with van der Waals surface area (Å²) in [5.74, 6) is 0.343. The number of amides is 2. The van der Waals surface area contributed by atoms with Gasteiger partial charge in [0.15, 0.2) is 5.78 Å². The zero-order valence-electron chi connectivity index (χ0n) is 24.3. The Balaban J connectivity index is 1.45. The number of ether oxygens (including phenoxy) is 1. The van der Waals surface area contributed by atoms with Crippen molar-refractivity contribution >= 4 is 40.3 Å². The molecule has 0 radical (unpaired) electrons. The van der Waals surface area contributed by atoms with Crippen molar-refractivity contribution in [3.63, 3.8) is 0 Å². The summed E-state index contributed by atoms with van der Waals surface area (Å²) in [6.07, 6.45) is 0.534. The Morgan fingerprint density at radius 1 is 0.900 bits per heavy atom. The van der Waals surface area contributed by atoms with Crippen LogP contribution in [0.5, 0.6) is 5.75 Å². The Kier molecular flexibility index (Phi) is 9.52. The summed E-state index contributed by atoms with van der Waals surface area (Å²) in [6, 6.07) is 10.9. The molecule has 2 aromatic carbocycles. The zero-order valence-corrected chi connectivity index (χ0v) is 24.3. The second-order valence-corrected chi connectivity index (χ2v) is 10.5. The number of hydrogen-bond donors (Lipinski definition) is 2. The molecule has 0 spiro atoms. The van der Waals surface area contributed by atoms with Crippen LogP contribution in [0.3, 0.4) is 0 Å². The Morgan fingerprint density at radius 3 is 2.10 bits per heavy atom. The molecule has 2 amide bonds. The van der Waals surface area contributed by atoms with Gasteiger partial charge in [-0.1, -0.05) is 6.92 Å². The molecule has 216 valence electrons. The molecule has 40 heavy (non-hydrogen) atoms. The molecule has 4 rings (SSSR count). The van der Waals surface area contributed by atoms with Crippen molar-refractivity contribution in [3.05, 3.63) is 42.0 Å². The number of carbonyl (C=O) groups is 3. The minimum Gasteiger partial charge on any atom is -0.496 e. The number of nitrogens with one attached hydrogen (secondary N) is 2. The van der Waals surface area contributed by atoms with Gasteiger partial charge in [-0.05, 0) is 57.3 Å². The maximum atomic E-state index is 13.2. The van der Waals surface area contributed by atoms with Crippen LogP contribution in [0.15, 0.2) is 36.4 Å². The summed E-state index contributed by atoms with van der Waals surface area (Å²) in [7, 11) is 3.64. The summed E-state index contributed by atoms with van der Waals surface area (Å²) in [5, 5.41) is 6.33. The van der Waals surface area contributed by atoms with E-state index in [1.807, 2.05) is 48.2 Å². The predicted octanol–water partition coefficient (Wildman–Crippen LogP) is 3.15. The molecule has 0 saturated carbocycles. The third-order valence-electron chi connectivity index (χ3n) is 7.75. The van der Waals surface area contributed by atoms with E-state index >= 15 is 0 Å². The van der Waals surface area contributed by atoms with E-state index in [0.717, 1.165) is 63.7 Å². The number of methoxy groups -OCH3 is 1. The summed E-state index contributed by atoms with van der Waals surface area (Å²) >= 11 is 0. The highest BCUT2D eigenvalue weighted by atomic mass is 16.5. The van der Waals surface area contributed by atoms with Crippen LogP contribution in [-0.4, -0.2) is 100.0 Å². The monoisotopic (exact) mass is 550 g/mol. The van der Waals surface area contributed by atoms with E-state index in [1.165, 1.54) is 6.92 Å². The van der Waals surface area contributed by atoms with Gasteiger partial charge in [0.05, 0.1) is 24.0 Å². The van der Waals surface area contributed by atoms with Gasteiger partial charge in [-0.2, -0.15) is 0 Å². The Hall–Kier alpha value is -3.79. The lowest BCUT2D eigenvalue weighted by Crippen LogP contribution is -2.48. The minimum atomic E-state index is -0.611. The lowest BCUT2D eigenvalue weighted by Gasteiger charge is -2.36. The molecule has 2 heterocycles. The highest BCUT2D eigenvalue weighted by Gasteiger charge is 2.26. The molecule has 2 aromatic rings. The van der Waals surface area contributed by atoms with Crippen molar-refractivity contribution in [3.8, 4) is 5.75 Å². The number of piperazine rings is 2. The largest absolute Gasteiger partial charge is 0.496 e. The van der Waals surface area contributed by atoms with Gasteiger partial charge < -0.3 is 35.0 Å². The summed E-state index contributed by atoms with van der Waals surface area (Å²) in [6.45, 7) is 11.7. The molecule has 2 fully saturated rings. The van der Waals surface area contributed by atoms with E-state index in [1.54, 1.807) is 14.0 Å². The second kappa shape index (κ2) is 13.0. The van der Waals surface area contributed by atoms with Crippen LogP contribution < -0.4 is 25.2 Å². The smallest absolute Gasteiger partial charge is 0.246 e. The molecular weight excluding hydrogens is 508 g/mol. The highest BCUT2D eigenvalue weighted by Crippen LogP contribution is 2.37. The molecule has 10 heteroatoms. The van der Waals surface area contributed by atoms with E-state index in [0.29, 0.717) is 29.1 Å². The van der Waals surface area contributed by atoms with E-state index in [2.05, 4.69) is 32.4 Å². The van der Waals surface area contributed by atoms with Gasteiger partial charge in [-0.3, -0.25) is 14.4 Å². The zero-order chi connectivity index (χ0) is 28.8. The molecule has 2 saturated heterocycles. The molecular formula is C30H42N6O4. The molecule has 2 N–H and O–H groups in total. The molecule has 0 bridgehead atoms. The van der Waals surface area contributed by atoms with Gasteiger partial charge in [-0.25, -0.2) is 0 Å². The van der Waals surface area contributed by atoms with Crippen LogP contribution in [0.2, 0.25) is 0 Å². The first-order valence-electron chi connectivity index (χ1n) is 14.1. The number of hydrogen-bond acceptors (Lipinski definition) is 8. The first-order valence-corrected chi connectivity index (χ1v) is 14.1. The number of Topliss-reactive ketones (excluding diaryl/α,β-unsaturated/α-hetero) is 1. The minimum absolute atomic E-state index is 0.126. The number of nitrogens with zero attached hydrogens (tertiary/aromatic N) is 4. The molecule has 0 aromatic heterocycles. The number of likely N-dealkylation sites (N-methyl/N-ethyl adjacent to an activating group) is 1. The molecule has 2 aliphatic heterocycles. The maximum absolute atomic E-state index is 13.2. The Morgan fingerprint density at radius 2 is 1.52 bits per heavy atom. The van der Waals surface area contributed by atoms with Gasteiger partial charge in [0.1, 0.15) is 11.8 Å². The third kappa shape index (κ3) is 6.67. The number of rotatable bonds is 9. The van der Waals surface area contributed by atoms with Crippen molar-refractivity contribution in [2.75, 3.05) is 86.9 Å². The Bertz CT molecular complexity index is 1200. The average Bonchev–Trinajstić information content (AvgIpc) is 2.97. The second-order valence-electron chi connectivity index (χ2n) is 10.5. The van der Waals surface area contributed by atoms with Gasteiger partial charge >= 0.3 is 0 Å². The van der Waals surface area contributed by atoms with Crippen molar-refractivity contribution in [2.45, 2.75) is 33.2 Å². The number of anilines is 4. The molecule has 2 aliphatic rings. The van der Waals surface area contributed by atoms with Crippen molar-refractivity contribution in [1.82, 2.24) is 9.80 Å². The predicted molar refractivity (Wildman–Crippen MR) is 160 cm³/mol. The lowest BCUT2D eigenvalue weighted by atomic mass is 10.0. The van der Waals surface area contributed by atoms with Gasteiger partial charge in [-0.15, -0.1) is 0 Å². The molecule has 10 nitrogen and oxygen atoms in total. The molecule has 1 unspecified atom stereocenters. The summed E-state index contributed by atoms with van der Waals surface area (Å²) in [4.78, 5) is 46.6. The van der Waals surface area contributed by atoms with Crippen molar-refractivity contribution in [1.29, 1.82) is 0 Å². The first-order chi connectivity index (χ1) is 19.2. The fourth-order valence-corrected chi connectivity index (χ4v) is 5.27. The normalized spacial score (nSPS) is 16.9. The fraction of sp³-hybridized carbons (Fsp3) is 0.500. The maximum Gasteiger partial charge on any atom is 0.246 e. The molecule has 1 atom stereocenters. The quantitative estimate of drug-likeness (QED) is 0.460.